The van der Waals surface area contributed by atoms with Crippen LogP contribution in [0.2, 0.25) is 5.15 Å². The van der Waals surface area contributed by atoms with Crippen LogP contribution in [0.3, 0.4) is 0 Å². The third-order valence-corrected chi connectivity index (χ3v) is 3.74. The molecule has 2 aromatic rings. The number of amides is 1. The van der Waals surface area contributed by atoms with Gasteiger partial charge in [-0.15, -0.1) is 0 Å². The highest BCUT2D eigenvalue weighted by Gasteiger charge is 2.27. The van der Waals surface area contributed by atoms with Gasteiger partial charge >= 0.3 is 0 Å². The van der Waals surface area contributed by atoms with Gasteiger partial charge in [-0.05, 0) is 36.1 Å². The number of anilines is 1. The summed E-state index contributed by atoms with van der Waals surface area (Å²) in [4.78, 5) is 16.2. The van der Waals surface area contributed by atoms with Gasteiger partial charge in [-0.3, -0.25) is 4.79 Å². The molecule has 0 aliphatic heterocycles. The van der Waals surface area contributed by atoms with Crippen LogP contribution in [0.4, 0.5) is 5.69 Å². The number of hydrogen-bond acceptors (Lipinski definition) is 2. The molecule has 1 aromatic carbocycles. The molecule has 1 amide bonds. The topological polar surface area (TPSA) is 42.0 Å². The summed E-state index contributed by atoms with van der Waals surface area (Å²) in [6.45, 7) is 0. The van der Waals surface area contributed by atoms with E-state index in [2.05, 4.69) is 22.4 Å². The van der Waals surface area contributed by atoms with E-state index in [0.717, 1.165) is 12.8 Å². The SMILES string of the molecule is O=C(Nc1cccnc1Cl)C1Cc2ccccc2C1. The Balaban J connectivity index is 1.72. The number of carbonyl (C=O) groups is 1. The van der Waals surface area contributed by atoms with Gasteiger partial charge in [0.1, 0.15) is 0 Å². The van der Waals surface area contributed by atoms with Crippen molar-refractivity contribution < 1.29 is 4.79 Å². The normalized spacial score (nSPS) is 14.2. The molecule has 0 fully saturated rings. The van der Waals surface area contributed by atoms with Crippen LogP contribution in [0, 0.1) is 5.92 Å². The van der Waals surface area contributed by atoms with Crippen LogP contribution in [-0.2, 0) is 17.6 Å². The van der Waals surface area contributed by atoms with E-state index in [9.17, 15) is 4.79 Å². The molecular weight excluding hydrogens is 260 g/mol. The van der Waals surface area contributed by atoms with Crippen molar-refractivity contribution in [1.29, 1.82) is 0 Å². The molecule has 1 aliphatic carbocycles. The highest BCUT2D eigenvalue weighted by molar-refractivity contribution is 6.32. The molecule has 96 valence electrons. The zero-order chi connectivity index (χ0) is 13.2. The van der Waals surface area contributed by atoms with E-state index in [1.807, 2.05) is 12.1 Å². The third-order valence-electron chi connectivity index (χ3n) is 3.44. The number of nitrogens with zero attached hydrogens (tertiary/aromatic N) is 1. The monoisotopic (exact) mass is 272 g/mol. The zero-order valence-corrected chi connectivity index (χ0v) is 11.0. The van der Waals surface area contributed by atoms with Crippen LogP contribution in [0.5, 0.6) is 0 Å². The summed E-state index contributed by atoms with van der Waals surface area (Å²) < 4.78 is 0. The largest absolute Gasteiger partial charge is 0.323 e. The number of carbonyl (C=O) groups excluding carboxylic acids is 1. The van der Waals surface area contributed by atoms with E-state index in [4.69, 9.17) is 11.6 Å². The molecule has 0 atom stereocenters. The van der Waals surface area contributed by atoms with Crippen molar-refractivity contribution in [2.24, 2.45) is 5.92 Å². The van der Waals surface area contributed by atoms with Gasteiger partial charge in [0, 0.05) is 12.1 Å². The highest BCUT2D eigenvalue weighted by Crippen LogP contribution is 2.28. The molecule has 0 unspecified atom stereocenters. The van der Waals surface area contributed by atoms with Crippen molar-refractivity contribution in [2.75, 3.05) is 5.32 Å². The van der Waals surface area contributed by atoms with E-state index in [-0.39, 0.29) is 11.8 Å². The second-order valence-electron chi connectivity index (χ2n) is 4.70. The van der Waals surface area contributed by atoms with Crippen LogP contribution in [0.1, 0.15) is 11.1 Å². The fourth-order valence-corrected chi connectivity index (χ4v) is 2.62. The first-order chi connectivity index (χ1) is 9.24. The molecule has 3 rings (SSSR count). The number of halogens is 1. The van der Waals surface area contributed by atoms with Crippen molar-refractivity contribution in [1.82, 2.24) is 4.98 Å². The lowest BCUT2D eigenvalue weighted by atomic mass is 10.1. The number of aromatic nitrogens is 1. The Hall–Kier alpha value is -1.87. The molecule has 0 radical (unpaired) electrons. The maximum absolute atomic E-state index is 12.2. The molecular formula is C15H13ClN2O. The first kappa shape index (κ1) is 12.2. The van der Waals surface area contributed by atoms with Crippen LogP contribution in [0.25, 0.3) is 0 Å². The van der Waals surface area contributed by atoms with Gasteiger partial charge in [0.05, 0.1) is 5.69 Å². The van der Waals surface area contributed by atoms with E-state index in [1.54, 1.807) is 18.3 Å². The number of hydrogen-bond donors (Lipinski definition) is 1. The van der Waals surface area contributed by atoms with Gasteiger partial charge < -0.3 is 5.32 Å². The molecule has 1 N–H and O–H groups in total. The summed E-state index contributed by atoms with van der Waals surface area (Å²) in [7, 11) is 0. The Morgan fingerprint density at radius 2 is 1.84 bits per heavy atom. The number of fused-ring (bicyclic) bond motifs is 1. The van der Waals surface area contributed by atoms with E-state index < -0.39 is 0 Å². The molecule has 0 spiro atoms. The second kappa shape index (κ2) is 5.02. The smallest absolute Gasteiger partial charge is 0.228 e. The second-order valence-corrected chi connectivity index (χ2v) is 5.06. The maximum atomic E-state index is 12.2. The minimum Gasteiger partial charge on any atom is -0.323 e. The molecule has 19 heavy (non-hydrogen) atoms. The van der Waals surface area contributed by atoms with Gasteiger partial charge in [-0.1, -0.05) is 35.9 Å². The number of benzene rings is 1. The number of nitrogens with one attached hydrogen (secondary N) is 1. The van der Waals surface area contributed by atoms with Crippen molar-refractivity contribution >= 4 is 23.2 Å². The summed E-state index contributed by atoms with van der Waals surface area (Å²) in [5.41, 5.74) is 3.10. The van der Waals surface area contributed by atoms with Crippen molar-refractivity contribution in [3.8, 4) is 0 Å². The Morgan fingerprint density at radius 1 is 1.16 bits per heavy atom. The molecule has 1 heterocycles. The summed E-state index contributed by atoms with van der Waals surface area (Å²) in [5, 5.41) is 3.18. The fourth-order valence-electron chi connectivity index (χ4n) is 2.46. The lowest BCUT2D eigenvalue weighted by molar-refractivity contribution is -0.119. The van der Waals surface area contributed by atoms with E-state index >= 15 is 0 Å². The summed E-state index contributed by atoms with van der Waals surface area (Å²) in [6, 6.07) is 11.7. The average Bonchev–Trinajstić information content (AvgIpc) is 2.85. The zero-order valence-electron chi connectivity index (χ0n) is 10.3. The van der Waals surface area contributed by atoms with Crippen LogP contribution in [-0.4, -0.2) is 10.9 Å². The Morgan fingerprint density at radius 3 is 2.47 bits per heavy atom. The summed E-state index contributed by atoms with van der Waals surface area (Å²) in [5.74, 6) is -0.0141. The standard InChI is InChI=1S/C15H13ClN2O/c16-14-13(6-3-7-17-14)18-15(19)12-8-10-4-1-2-5-11(10)9-12/h1-7,12H,8-9H2,(H,18,19). The number of pyridine rings is 1. The lowest BCUT2D eigenvalue weighted by Gasteiger charge is -2.10. The first-order valence-corrected chi connectivity index (χ1v) is 6.60. The Bertz CT molecular complexity index is 602. The molecule has 0 saturated carbocycles. The van der Waals surface area contributed by atoms with Gasteiger partial charge in [-0.2, -0.15) is 0 Å². The van der Waals surface area contributed by atoms with Crippen LogP contribution < -0.4 is 5.32 Å². The highest BCUT2D eigenvalue weighted by atomic mass is 35.5. The van der Waals surface area contributed by atoms with Crippen molar-refractivity contribution in [3.05, 3.63) is 58.9 Å². The predicted molar refractivity (Wildman–Crippen MR) is 75.2 cm³/mol. The lowest BCUT2D eigenvalue weighted by Crippen LogP contribution is -2.23. The quantitative estimate of drug-likeness (QED) is 0.854. The third kappa shape index (κ3) is 2.47. The Kier molecular flexibility index (Phi) is 3.22. The van der Waals surface area contributed by atoms with Gasteiger partial charge in [0.2, 0.25) is 5.91 Å². The maximum Gasteiger partial charge on any atom is 0.228 e. The van der Waals surface area contributed by atoms with Crippen molar-refractivity contribution in [3.63, 3.8) is 0 Å². The van der Waals surface area contributed by atoms with Crippen LogP contribution >= 0.6 is 11.6 Å². The minimum atomic E-state index is -0.0197. The van der Waals surface area contributed by atoms with E-state index in [0.29, 0.717) is 10.8 Å². The molecule has 0 bridgehead atoms. The van der Waals surface area contributed by atoms with Gasteiger partial charge in [-0.25, -0.2) is 4.98 Å². The molecule has 0 saturated heterocycles. The Labute approximate surface area is 116 Å². The molecule has 1 aliphatic rings. The average molecular weight is 273 g/mol. The molecule has 1 aromatic heterocycles. The van der Waals surface area contributed by atoms with Gasteiger partial charge in [0.15, 0.2) is 5.15 Å². The summed E-state index contributed by atoms with van der Waals surface area (Å²) >= 11 is 5.94. The first-order valence-electron chi connectivity index (χ1n) is 6.22. The molecule has 3 nitrogen and oxygen atoms in total. The predicted octanol–water partition coefficient (Wildman–Crippen LogP) is 3.09. The minimum absolute atomic E-state index is 0.00565. The van der Waals surface area contributed by atoms with Gasteiger partial charge in [0.25, 0.3) is 0 Å². The number of rotatable bonds is 2. The van der Waals surface area contributed by atoms with Crippen LogP contribution in [0.15, 0.2) is 42.6 Å². The van der Waals surface area contributed by atoms with Crippen molar-refractivity contribution in [2.45, 2.75) is 12.8 Å². The summed E-state index contributed by atoms with van der Waals surface area (Å²) in [6.07, 6.45) is 3.18. The molecule has 4 heteroatoms. The fraction of sp³-hybridized carbons (Fsp3) is 0.200. The van der Waals surface area contributed by atoms with E-state index in [1.165, 1.54) is 11.1 Å².